The summed E-state index contributed by atoms with van der Waals surface area (Å²) >= 11 is 0. The minimum atomic E-state index is -3.71. The van der Waals surface area contributed by atoms with Crippen LogP contribution in [-0.4, -0.2) is 40.8 Å². The summed E-state index contributed by atoms with van der Waals surface area (Å²) in [5.41, 5.74) is 0.744. The predicted molar refractivity (Wildman–Crippen MR) is 90.2 cm³/mol. The van der Waals surface area contributed by atoms with Crippen LogP contribution >= 0.6 is 0 Å². The number of rotatable bonds is 9. The molecule has 0 aliphatic rings. The van der Waals surface area contributed by atoms with E-state index in [1.54, 1.807) is 19.1 Å². The molecule has 23 heavy (non-hydrogen) atoms. The molecule has 0 atom stereocenters. The van der Waals surface area contributed by atoms with Crippen LogP contribution in [0.4, 0.5) is 11.4 Å². The zero-order valence-electron chi connectivity index (χ0n) is 13.0. The smallest absolute Gasteiger partial charge is 0.234 e. The first-order valence-corrected chi connectivity index (χ1v) is 10.3. The van der Waals surface area contributed by atoms with Gasteiger partial charge in [0.25, 0.3) is 0 Å². The Hall–Kier alpha value is -1.65. The van der Waals surface area contributed by atoms with E-state index >= 15 is 0 Å². The number of hydrogen-bond acceptors (Lipinski definition) is 5. The van der Waals surface area contributed by atoms with Gasteiger partial charge in [-0.1, -0.05) is 13.0 Å². The van der Waals surface area contributed by atoms with Crippen molar-refractivity contribution in [3.05, 3.63) is 24.3 Å². The van der Waals surface area contributed by atoms with Gasteiger partial charge in [0.2, 0.25) is 26.0 Å². The van der Waals surface area contributed by atoms with Crippen LogP contribution in [0.25, 0.3) is 0 Å². The van der Waals surface area contributed by atoms with Crippen molar-refractivity contribution in [2.45, 2.75) is 20.3 Å². The van der Waals surface area contributed by atoms with Gasteiger partial charge in [-0.3, -0.25) is 9.52 Å². The molecule has 0 aliphatic heterocycles. The maximum absolute atomic E-state index is 11.9. The Balaban J connectivity index is 2.63. The Morgan fingerprint density at radius 3 is 2.30 bits per heavy atom. The molecular formula is C13H21N3O5S2. The van der Waals surface area contributed by atoms with Gasteiger partial charge in [-0.15, -0.1) is 0 Å². The lowest BCUT2D eigenvalue weighted by Crippen LogP contribution is -2.32. The highest BCUT2D eigenvalue weighted by Crippen LogP contribution is 2.16. The lowest BCUT2D eigenvalue weighted by Gasteiger charge is -2.10. The number of hydrogen-bond donors (Lipinski definition) is 3. The summed E-state index contributed by atoms with van der Waals surface area (Å²) in [7, 11) is -7.14. The summed E-state index contributed by atoms with van der Waals surface area (Å²) < 4.78 is 51.4. The van der Waals surface area contributed by atoms with Crippen LogP contribution in [0.1, 0.15) is 20.3 Å². The molecule has 0 fully saturated rings. The lowest BCUT2D eigenvalue weighted by molar-refractivity contribution is -0.114. The normalized spacial score (nSPS) is 11.9. The van der Waals surface area contributed by atoms with Crippen LogP contribution in [0.5, 0.6) is 0 Å². The molecule has 10 heteroatoms. The fourth-order valence-electron chi connectivity index (χ4n) is 1.77. The van der Waals surface area contributed by atoms with Crippen molar-refractivity contribution in [3.63, 3.8) is 0 Å². The number of anilines is 2. The highest BCUT2D eigenvalue weighted by atomic mass is 32.2. The molecule has 1 amide bonds. The number of amides is 1. The minimum Gasteiger partial charge on any atom is -0.326 e. The molecule has 0 saturated carbocycles. The molecule has 8 nitrogen and oxygen atoms in total. The van der Waals surface area contributed by atoms with Gasteiger partial charge < -0.3 is 5.32 Å². The Morgan fingerprint density at radius 1 is 1.04 bits per heavy atom. The highest BCUT2D eigenvalue weighted by molar-refractivity contribution is 7.92. The van der Waals surface area contributed by atoms with Crippen molar-refractivity contribution in [2.75, 3.05) is 28.1 Å². The molecule has 0 heterocycles. The number of carbonyl (C=O) groups is 1. The number of sulfonamides is 2. The number of carbonyl (C=O) groups excluding carboxylic acids is 1. The maximum Gasteiger partial charge on any atom is 0.234 e. The van der Waals surface area contributed by atoms with Gasteiger partial charge in [0, 0.05) is 19.2 Å². The first kappa shape index (κ1) is 19.4. The molecule has 3 N–H and O–H groups in total. The summed E-state index contributed by atoms with van der Waals surface area (Å²) in [5.74, 6) is -0.699. The van der Waals surface area contributed by atoms with E-state index < -0.39 is 20.0 Å². The van der Waals surface area contributed by atoms with Gasteiger partial charge >= 0.3 is 0 Å². The number of benzene rings is 1. The summed E-state index contributed by atoms with van der Waals surface area (Å²) in [6, 6.07) is 6.22. The third-order valence-electron chi connectivity index (χ3n) is 2.62. The topological polar surface area (TPSA) is 121 Å². The quantitative estimate of drug-likeness (QED) is 0.597. The van der Waals surface area contributed by atoms with E-state index in [2.05, 4.69) is 14.8 Å². The minimum absolute atomic E-state index is 0.0424. The molecule has 0 aromatic heterocycles. The van der Waals surface area contributed by atoms with Gasteiger partial charge in [0.05, 0.1) is 17.2 Å². The maximum atomic E-state index is 11.9. The molecule has 0 spiro atoms. The van der Waals surface area contributed by atoms with Crippen LogP contribution < -0.4 is 14.8 Å². The summed E-state index contributed by atoms with van der Waals surface area (Å²) in [6.07, 6.45) is 0.455. The van der Waals surface area contributed by atoms with Gasteiger partial charge in [-0.2, -0.15) is 0 Å². The second kappa shape index (κ2) is 8.27. The monoisotopic (exact) mass is 363 g/mol. The molecule has 0 bridgehead atoms. The van der Waals surface area contributed by atoms with Crippen LogP contribution in [0.3, 0.4) is 0 Å². The summed E-state index contributed by atoms with van der Waals surface area (Å²) in [4.78, 5) is 11.0. The summed E-state index contributed by atoms with van der Waals surface area (Å²) in [5, 5.41) is 2.54. The van der Waals surface area contributed by atoms with Gasteiger partial charge in [-0.25, -0.2) is 21.6 Å². The molecular weight excluding hydrogens is 342 g/mol. The van der Waals surface area contributed by atoms with Crippen LogP contribution in [0.15, 0.2) is 24.3 Å². The van der Waals surface area contributed by atoms with Crippen LogP contribution in [-0.2, 0) is 24.8 Å². The zero-order valence-corrected chi connectivity index (χ0v) is 14.6. The molecule has 0 unspecified atom stereocenters. The Labute approximate surface area is 136 Å². The first-order valence-electron chi connectivity index (χ1n) is 6.99. The van der Waals surface area contributed by atoms with Crippen molar-refractivity contribution in [1.29, 1.82) is 0 Å². The molecule has 0 saturated heterocycles. The SMILES string of the molecule is CCCS(=O)(=O)NCCS(=O)(=O)Nc1cccc(NC(C)=O)c1. The van der Waals surface area contributed by atoms with E-state index in [9.17, 15) is 21.6 Å². The largest absolute Gasteiger partial charge is 0.326 e. The second-order valence-electron chi connectivity index (χ2n) is 4.90. The fourth-order valence-corrected chi connectivity index (χ4v) is 3.95. The zero-order chi connectivity index (χ0) is 17.5. The van der Waals surface area contributed by atoms with E-state index in [1.807, 2.05) is 0 Å². The first-order chi connectivity index (χ1) is 10.6. The second-order valence-corrected chi connectivity index (χ2v) is 8.66. The molecule has 130 valence electrons. The van der Waals surface area contributed by atoms with E-state index in [0.717, 1.165) is 0 Å². The van der Waals surface area contributed by atoms with E-state index in [1.165, 1.54) is 19.1 Å². The molecule has 0 radical (unpaired) electrons. The van der Waals surface area contributed by atoms with Crippen molar-refractivity contribution >= 4 is 37.3 Å². The molecule has 0 aliphatic carbocycles. The Kier molecular flexibility index (Phi) is 6.98. The van der Waals surface area contributed by atoms with Crippen molar-refractivity contribution in [2.24, 2.45) is 0 Å². The lowest BCUT2D eigenvalue weighted by atomic mass is 10.3. The third-order valence-corrected chi connectivity index (χ3v) is 5.50. The van der Waals surface area contributed by atoms with Crippen molar-refractivity contribution < 1.29 is 21.6 Å². The number of nitrogens with one attached hydrogen (secondary N) is 3. The average Bonchev–Trinajstić information content (AvgIpc) is 2.36. The van der Waals surface area contributed by atoms with E-state index in [0.29, 0.717) is 12.1 Å². The van der Waals surface area contributed by atoms with E-state index in [4.69, 9.17) is 0 Å². The van der Waals surface area contributed by atoms with Crippen molar-refractivity contribution in [3.8, 4) is 0 Å². The molecule has 1 rings (SSSR count). The molecule has 1 aromatic rings. The summed E-state index contributed by atoms with van der Waals surface area (Å²) in [6.45, 7) is 2.86. The average molecular weight is 363 g/mol. The third kappa shape index (κ3) is 7.95. The van der Waals surface area contributed by atoms with Gasteiger partial charge in [0.1, 0.15) is 0 Å². The van der Waals surface area contributed by atoms with Crippen LogP contribution in [0.2, 0.25) is 0 Å². The van der Waals surface area contributed by atoms with Crippen molar-refractivity contribution in [1.82, 2.24) is 4.72 Å². The Morgan fingerprint density at radius 2 is 1.70 bits per heavy atom. The van der Waals surface area contributed by atoms with Gasteiger partial charge in [0.15, 0.2) is 0 Å². The van der Waals surface area contributed by atoms with Crippen LogP contribution in [0, 0.1) is 0 Å². The Bertz CT molecular complexity index is 745. The van der Waals surface area contributed by atoms with E-state index in [-0.39, 0.29) is 29.6 Å². The highest BCUT2D eigenvalue weighted by Gasteiger charge is 2.14. The molecule has 1 aromatic carbocycles. The fraction of sp³-hybridized carbons (Fsp3) is 0.462. The standard InChI is InChI=1S/C13H21N3O5S2/c1-3-8-22(18,19)14-7-9-23(20,21)16-13-6-4-5-12(10-13)15-11(2)17/h4-6,10,14,16H,3,7-9H2,1-2H3,(H,15,17). The predicted octanol–water partition coefficient (Wildman–Crippen LogP) is 0.716. The van der Waals surface area contributed by atoms with Gasteiger partial charge in [-0.05, 0) is 24.6 Å².